The fourth-order valence-corrected chi connectivity index (χ4v) is 1.60. The first-order chi connectivity index (χ1) is 8.19. The van der Waals surface area contributed by atoms with Crippen LogP contribution in [0, 0.1) is 13.8 Å². The van der Waals surface area contributed by atoms with E-state index in [2.05, 4.69) is 48.6 Å². The summed E-state index contributed by atoms with van der Waals surface area (Å²) in [5.41, 5.74) is 6.04. The molecule has 0 fully saturated rings. The molecule has 0 amide bonds. The van der Waals surface area contributed by atoms with Crippen LogP contribution in [0.15, 0.2) is 23.2 Å². The van der Waals surface area contributed by atoms with Gasteiger partial charge in [-0.3, -0.25) is 10.4 Å². The minimum absolute atomic E-state index is 0.621. The van der Waals surface area contributed by atoms with Gasteiger partial charge in [-0.05, 0) is 31.4 Å². The topological polar surface area (TPSA) is 62.4 Å². The zero-order valence-electron chi connectivity index (χ0n) is 10.9. The molecule has 1 rings (SSSR count). The first-order valence-electron chi connectivity index (χ1n) is 6.03. The molecule has 0 radical (unpaired) electrons. The van der Waals surface area contributed by atoms with Crippen molar-refractivity contribution in [3.05, 3.63) is 29.3 Å². The Morgan fingerprint density at radius 1 is 1.29 bits per heavy atom. The third-order valence-electron chi connectivity index (χ3n) is 2.64. The summed E-state index contributed by atoms with van der Waals surface area (Å²) >= 11 is 0. The molecule has 0 aliphatic carbocycles. The molecule has 0 aromatic heterocycles. The molecule has 4 N–H and O–H groups in total. The Morgan fingerprint density at radius 2 is 1.94 bits per heavy atom. The number of hydrazine groups is 1. The summed E-state index contributed by atoms with van der Waals surface area (Å²) in [5.74, 6) is 6.08. The van der Waals surface area contributed by atoms with Gasteiger partial charge in [0.2, 0.25) is 5.96 Å². The summed E-state index contributed by atoms with van der Waals surface area (Å²) in [6.07, 6.45) is 2.20. The minimum Gasteiger partial charge on any atom is -0.325 e. The number of nitrogens with two attached hydrogens (primary N) is 1. The van der Waals surface area contributed by atoms with Gasteiger partial charge in [0.1, 0.15) is 0 Å². The third kappa shape index (κ3) is 4.07. The van der Waals surface area contributed by atoms with Crippen LogP contribution in [-0.2, 0) is 0 Å². The van der Waals surface area contributed by atoms with Crippen LogP contribution >= 0.6 is 0 Å². The van der Waals surface area contributed by atoms with Gasteiger partial charge < -0.3 is 5.32 Å². The molecule has 1 aromatic rings. The largest absolute Gasteiger partial charge is 0.325 e. The summed E-state index contributed by atoms with van der Waals surface area (Å²) in [6, 6.07) is 6.17. The van der Waals surface area contributed by atoms with E-state index >= 15 is 0 Å². The predicted octanol–water partition coefficient (Wildman–Crippen LogP) is 2.33. The molecule has 4 heteroatoms. The fraction of sp³-hybridized carbons (Fsp3) is 0.462. The van der Waals surface area contributed by atoms with Crippen molar-refractivity contribution >= 4 is 11.6 Å². The van der Waals surface area contributed by atoms with Crippen LogP contribution in [0.25, 0.3) is 0 Å². The van der Waals surface area contributed by atoms with Crippen LogP contribution < -0.4 is 16.6 Å². The molecule has 0 aliphatic heterocycles. The third-order valence-corrected chi connectivity index (χ3v) is 2.64. The second-order valence-electron chi connectivity index (χ2n) is 4.12. The number of hydrogen-bond donors (Lipinski definition) is 3. The van der Waals surface area contributed by atoms with E-state index in [-0.39, 0.29) is 0 Å². The zero-order valence-corrected chi connectivity index (χ0v) is 10.9. The number of aryl methyl sites for hydroxylation is 2. The molecule has 94 valence electrons. The number of aliphatic imine (C=N–C) groups is 1. The monoisotopic (exact) mass is 234 g/mol. The molecule has 17 heavy (non-hydrogen) atoms. The maximum atomic E-state index is 5.46. The number of nitrogens with one attached hydrogen (secondary N) is 2. The zero-order chi connectivity index (χ0) is 12.7. The maximum Gasteiger partial charge on any atom is 0.210 e. The van der Waals surface area contributed by atoms with Crippen molar-refractivity contribution in [1.82, 2.24) is 5.43 Å². The summed E-state index contributed by atoms with van der Waals surface area (Å²) in [7, 11) is 0. The Kier molecular flexibility index (Phi) is 5.49. The Bertz CT molecular complexity index is 365. The van der Waals surface area contributed by atoms with Gasteiger partial charge in [-0.2, -0.15) is 0 Å². The van der Waals surface area contributed by atoms with Crippen molar-refractivity contribution in [1.29, 1.82) is 0 Å². The second-order valence-corrected chi connectivity index (χ2v) is 4.12. The fourth-order valence-electron chi connectivity index (χ4n) is 1.60. The highest BCUT2D eigenvalue weighted by molar-refractivity contribution is 5.94. The van der Waals surface area contributed by atoms with Gasteiger partial charge in [0.25, 0.3) is 0 Å². The van der Waals surface area contributed by atoms with Crippen molar-refractivity contribution < 1.29 is 0 Å². The van der Waals surface area contributed by atoms with Crippen LogP contribution in [-0.4, -0.2) is 12.5 Å². The highest BCUT2D eigenvalue weighted by Crippen LogP contribution is 2.18. The molecule has 0 saturated heterocycles. The lowest BCUT2D eigenvalue weighted by molar-refractivity contribution is 0.801. The molecule has 0 bridgehead atoms. The van der Waals surface area contributed by atoms with E-state index in [1.165, 1.54) is 11.1 Å². The summed E-state index contributed by atoms with van der Waals surface area (Å²) < 4.78 is 0. The number of guanidine groups is 1. The Morgan fingerprint density at radius 3 is 2.47 bits per heavy atom. The van der Waals surface area contributed by atoms with Crippen molar-refractivity contribution in [2.45, 2.75) is 33.6 Å². The molecule has 0 aliphatic rings. The molecule has 0 spiro atoms. The number of hydrogen-bond acceptors (Lipinski definition) is 2. The van der Waals surface area contributed by atoms with Crippen molar-refractivity contribution in [3.8, 4) is 0 Å². The number of nitrogens with zero attached hydrogens (tertiary/aromatic N) is 1. The maximum absolute atomic E-state index is 5.46. The van der Waals surface area contributed by atoms with E-state index in [1.54, 1.807) is 0 Å². The van der Waals surface area contributed by atoms with Gasteiger partial charge in [-0.15, -0.1) is 0 Å². The molecule has 0 atom stereocenters. The quantitative estimate of drug-likeness (QED) is 0.246. The standard InChI is InChI=1S/C13H22N4/c1-4-5-9-15-13(17-14)16-12-10(2)7-6-8-11(12)3/h6-8H,4-5,9,14H2,1-3H3,(H2,15,16,17). The molecular formula is C13H22N4. The molecular weight excluding hydrogens is 212 g/mol. The van der Waals surface area contributed by atoms with Gasteiger partial charge >= 0.3 is 0 Å². The first-order valence-corrected chi connectivity index (χ1v) is 6.03. The van der Waals surface area contributed by atoms with Crippen molar-refractivity contribution in [3.63, 3.8) is 0 Å². The average molecular weight is 234 g/mol. The summed E-state index contributed by atoms with van der Waals surface area (Å²) in [6.45, 7) is 7.06. The smallest absolute Gasteiger partial charge is 0.210 e. The lowest BCUT2D eigenvalue weighted by Crippen LogP contribution is -2.36. The average Bonchev–Trinajstić information content (AvgIpc) is 2.32. The molecule has 0 saturated carbocycles. The lowest BCUT2D eigenvalue weighted by Gasteiger charge is -2.14. The van der Waals surface area contributed by atoms with Crippen LogP contribution in [0.1, 0.15) is 30.9 Å². The highest BCUT2D eigenvalue weighted by Gasteiger charge is 2.03. The van der Waals surface area contributed by atoms with Crippen LogP contribution in [0.5, 0.6) is 0 Å². The number of benzene rings is 1. The van der Waals surface area contributed by atoms with Crippen LogP contribution in [0.2, 0.25) is 0 Å². The second kappa shape index (κ2) is 6.91. The van der Waals surface area contributed by atoms with E-state index in [4.69, 9.17) is 5.84 Å². The Balaban J connectivity index is 2.77. The number of rotatable bonds is 4. The molecule has 4 nitrogen and oxygen atoms in total. The molecule has 0 heterocycles. The first kappa shape index (κ1) is 13.5. The van der Waals surface area contributed by atoms with Gasteiger partial charge in [-0.1, -0.05) is 31.5 Å². The van der Waals surface area contributed by atoms with E-state index in [0.717, 1.165) is 25.1 Å². The van der Waals surface area contributed by atoms with E-state index in [9.17, 15) is 0 Å². The number of para-hydroxylation sites is 1. The SMILES string of the molecule is CCCCN=C(NN)Nc1c(C)cccc1C. The molecule has 0 unspecified atom stereocenters. The number of unbranched alkanes of at least 4 members (excludes halogenated alkanes) is 1. The van der Waals surface area contributed by atoms with E-state index in [0.29, 0.717) is 5.96 Å². The Hall–Kier alpha value is -1.55. The highest BCUT2D eigenvalue weighted by atomic mass is 15.3. The van der Waals surface area contributed by atoms with Gasteiger partial charge in [0.15, 0.2) is 0 Å². The van der Waals surface area contributed by atoms with E-state index < -0.39 is 0 Å². The van der Waals surface area contributed by atoms with Crippen molar-refractivity contribution in [2.24, 2.45) is 10.8 Å². The normalized spacial score (nSPS) is 11.4. The van der Waals surface area contributed by atoms with Crippen LogP contribution in [0.4, 0.5) is 5.69 Å². The van der Waals surface area contributed by atoms with Crippen molar-refractivity contribution in [2.75, 3.05) is 11.9 Å². The van der Waals surface area contributed by atoms with Gasteiger partial charge in [0.05, 0.1) is 0 Å². The lowest BCUT2D eigenvalue weighted by atomic mass is 10.1. The predicted molar refractivity (Wildman–Crippen MR) is 74.1 cm³/mol. The van der Waals surface area contributed by atoms with Gasteiger partial charge in [0, 0.05) is 12.2 Å². The van der Waals surface area contributed by atoms with Crippen LogP contribution in [0.3, 0.4) is 0 Å². The number of anilines is 1. The summed E-state index contributed by atoms with van der Waals surface area (Å²) in [4.78, 5) is 4.38. The molecule has 1 aromatic carbocycles. The minimum atomic E-state index is 0.621. The Labute approximate surface area is 103 Å². The van der Waals surface area contributed by atoms with E-state index in [1.807, 2.05) is 6.07 Å². The van der Waals surface area contributed by atoms with Gasteiger partial charge in [-0.25, -0.2) is 5.84 Å². The summed E-state index contributed by atoms with van der Waals surface area (Å²) in [5, 5.41) is 3.24.